The second-order valence-corrected chi connectivity index (χ2v) is 10.3. The highest BCUT2D eigenvalue weighted by molar-refractivity contribution is 5.85. The second kappa shape index (κ2) is 12.0. The largest absolute Gasteiger partial charge is 0.447 e. The van der Waals surface area contributed by atoms with Crippen LogP contribution in [0.5, 0.6) is 0 Å². The topological polar surface area (TPSA) is 57.4 Å². The number of amides is 1. The van der Waals surface area contributed by atoms with Gasteiger partial charge in [0.05, 0.1) is 6.04 Å². The van der Waals surface area contributed by atoms with Gasteiger partial charge in [0.2, 0.25) is 0 Å². The van der Waals surface area contributed by atoms with E-state index in [9.17, 15) is 4.79 Å². The lowest BCUT2D eigenvalue weighted by atomic mass is 9.90. The molecule has 2 N–H and O–H groups in total. The van der Waals surface area contributed by atoms with Crippen molar-refractivity contribution in [3.05, 3.63) is 71.4 Å². The van der Waals surface area contributed by atoms with Gasteiger partial charge in [-0.1, -0.05) is 49.7 Å². The molecule has 2 aliphatic heterocycles. The molecule has 0 spiro atoms. The van der Waals surface area contributed by atoms with Gasteiger partial charge in [0.25, 0.3) is 0 Å². The van der Waals surface area contributed by atoms with E-state index in [-0.39, 0.29) is 24.5 Å². The molecule has 3 heterocycles. The molecule has 0 bridgehead atoms. The fourth-order valence-electron chi connectivity index (χ4n) is 5.69. The molecule has 188 valence electrons. The number of halogens is 1. The third-order valence-corrected chi connectivity index (χ3v) is 7.72. The molecule has 5 nitrogen and oxygen atoms in total. The lowest BCUT2D eigenvalue weighted by Crippen LogP contribution is -2.36. The monoisotopic (exact) mass is 495 g/mol. The van der Waals surface area contributed by atoms with Gasteiger partial charge in [0.15, 0.2) is 0 Å². The number of likely N-dealkylation sites (tertiary alicyclic amines) is 1. The maximum absolute atomic E-state index is 11.3. The summed E-state index contributed by atoms with van der Waals surface area (Å²) < 4.78 is 5.03. The van der Waals surface area contributed by atoms with Gasteiger partial charge in [0, 0.05) is 23.6 Å². The number of aromatic amines is 1. The molecule has 0 aliphatic carbocycles. The Kier molecular flexibility index (Phi) is 8.74. The minimum absolute atomic E-state index is 0. The fourth-order valence-corrected chi connectivity index (χ4v) is 5.69. The van der Waals surface area contributed by atoms with Crippen molar-refractivity contribution in [2.75, 3.05) is 26.2 Å². The highest BCUT2D eigenvalue weighted by Crippen LogP contribution is 2.27. The lowest BCUT2D eigenvalue weighted by molar-refractivity contribution is 0.171. The van der Waals surface area contributed by atoms with Gasteiger partial charge >= 0.3 is 6.09 Å². The summed E-state index contributed by atoms with van der Waals surface area (Å²) in [6, 6.07) is 17.6. The van der Waals surface area contributed by atoms with Crippen molar-refractivity contribution >= 4 is 29.4 Å². The van der Waals surface area contributed by atoms with Crippen molar-refractivity contribution < 1.29 is 9.53 Å². The Hall–Kier alpha value is -2.50. The number of ether oxygens (including phenoxy) is 1. The van der Waals surface area contributed by atoms with E-state index in [4.69, 9.17) is 4.74 Å². The first-order valence-electron chi connectivity index (χ1n) is 12.9. The Bertz CT molecular complexity index is 1090. The van der Waals surface area contributed by atoms with Crippen molar-refractivity contribution in [2.45, 2.75) is 57.4 Å². The van der Waals surface area contributed by atoms with Crippen LogP contribution in [0.4, 0.5) is 4.79 Å². The van der Waals surface area contributed by atoms with Crippen LogP contribution in [0.1, 0.15) is 55.2 Å². The smallest absolute Gasteiger partial charge is 0.407 e. The second-order valence-electron chi connectivity index (χ2n) is 10.3. The van der Waals surface area contributed by atoms with E-state index in [1.807, 2.05) is 0 Å². The Balaban J connectivity index is 0.00000289. The number of nitrogens with zero attached hydrogens (tertiary/aromatic N) is 1. The van der Waals surface area contributed by atoms with Gasteiger partial charge in [-0.2, -0.15) is 0 Å². The Morgan fingerprint density at radius 3 is 2.66 bits per heavy atom. The molecule has 2 fully saturated rings. The summed E-state index contributed by atoms with van der Waals surface area (Å²) in [5, 5.41) is 4.21. The molecule has 3 aromatic rings. The van der Waals surface area contributed by atoms with E-state index in [1.165, 1.54) is 72.9 Å². The number of alkyl carbamates (subject to hydrolysis) is 1. The van der Waals surface area contributed by atoms with Crippen LogP contribution in [-0.2, 0) is 17.6 Å². The number of aromatic nitrogens is 1. The molecule has 0 saturated carbocycles. The molecule has 35 heavy (non-hydrogen) atoms. The summed E-state index contributed by atoms with van der Waals surface area (Å²) in [5.41, 5.74) is 5.32. The number of aryl methyl sites for hydroxylation is 1. The summed E-state index contributed by atoms with van der Waals surface area (Å²) >= 11 is 0. The van der Waals surface area contributed by atoms with Crippen LogP contribution in [0.25, 0.3) is 10.9 Å². The van der Waals surface area contributed by atoms with E-state index < -0.39 is 0 Å². The zero-order valence-corrected chi connectivity index (χ0v) is 21.5. The SMILES string of the molecule is CC(CN1CCC(CCCc2c[nH]c3ccc(CC4COC(=O)N4)cc23)CC1)c1ccccc1.Cl. The van der Waals surface area contributed by atoms with Crippen LogP contribution >= 0.6 is 12.4 Å². The lowest BCUT2D eigenvalue weighted by Gasteiger charge is -2.33. The fraction of sp³-hybridized carbons (Fsp3) is 0.483. The van der Waals surface area contributed by atoms with Crippen LogP contribution in [-0.4, -0.2) is 48.3 Å². The maximum Gasteiger partial charge on any atom is 0.407 e. The first-order chi connectivity index (χ1) is 16.6. The summed E-state index contributed by atoms with van der Waals surface area (Å²) in [5.74, 6) is 1.46. The number of rotatable bonds is 9. The molecule has 0 radical (unpaired) electrons. The number of hydrogen-bond donors (Lipinski definition) is 2. The van der Waals surface area contributed by atoms with Crippen LogP contribution in [0, 0.1) is 5.92 Å². The molecule has 6 heteroatoms. The zero-order valence-electron chi connectivity index (χ0n) is 20.7. The maximum atomic E-state index is 11.3. The van der Waals surface area contributed by atoms with Crippen LogP contribution in [0.2, 0.25) is 0 Å². The van der Waals surface area contributed by atoms with Crippen molar-refractivity contribution in [3.8, 4) is 0 Å². The standard InChI is InChI=1S/C29H37N3O2.ClH/c1-21(24-7-3-2-4-8-24)19-32-14-12-22(13-15-32)6-5-9-25-18-30-28-11-10-23(17-27(25)28)16-26-20-34-29(33)31-26;/h2-4,7-8,10-11,17-18,21-22,26,30H,5-6,9,12-16,19-20H2,1H3,(H,31,33);1H. The van der Waals surface area contributed by atoms with Gasteiger partial charge in [-0.25, -0.2) is 4.79 Å². The van der Waals surface area contributed by atoms with E-state index in [1.54, 1.807) is 0 Å². The average molecular weight is 496 g/mol. The zero-order chi connectivity index (χ0) is 23.3. The summed E-state index contributed by atoms with van der Waals surface area (Å²) in [4.78, 5) is 17.4. The average Bonchev–Trinajstić information content (AvgIpc) is 3.46. The van der Waals surface area contributed by atoms with Crippen molar-refractivity contribution in [1.82, 2.24) is 15.2 Å². The molecule has 1 amide bonds. The number of hydrogen-bond acceptors (Lipinski definition) is 3. The summed E-state index contributed by atoms with van der Waals surface area (Å²) in [6.07, 6.45) is 9.04. The first kappa shape index (κ1) is 25.6. The third-order valence-electron chi connectivity index (χ3n) is 7.72. The number of nitrogens with one attached hydrogen (secondary N) is 2. The number of piperidine rings is 1. The predicted octanol–water partition coefficient (Wildman–Crippen LogP) is 6.08. The number of cyclic esters (lactones) is 1. The van der Waals surface area contributed by atoms with Gasteiger partial charge in [0.1, 0.15) is 6.61 Å². The molecule has 2 aromatic carbocycles. The van der Waals surface area contributed by atoms with Crippen LogP contribution in [0.3, 0.4) is 0 Å². The van der Waals surface area contributed by atoms with Crippen molar-refractivity contribution in [3.63, 3.8) is 0 Å². The number of fused-ring (bicyclic) bond motifs is 1. The third kappa shape index (κ3) is 6.59. The molecule has 2 saturated heterocycles. The van der Waals surface area contributed by atoms with Crippen molar-refractivity contribution in [2.24, 2.45) is 5.92 Å². The van der Waals surface area contributed by atoms with Gasteiger partial charge in [-0.3, -0.25) is 0 Å². The van der Waals surface area contributed by atoms with E-state index >= 15 is 0 Å². The Labute approximate surface area is 215 Å². The number of carbonyl (C=O) groups excluding carboxylic acids is 1. The minimum atomic E-state index is -0.301. The Morgan fingerprint density at radius 2 is 1.91 bits per heavy atom. The first-order valence-corrected chi connectivity index (χ1v) is 12.9. The Morgan fingerprint density at radius 1 is 1.11 bits per heavy atom. The number of carbonyl (C=O) groups is 1. The molecule has 2 atom stereocenters. The minimum Gasteiger partial charge on any atom is -0.447 e. The number of H-pyrrole nitrogens is 1. The molecule has 1 aromatic heterocycles. The normalized spacial score (nSPS) is 19.8. The van der Waals surface area contributed by atoms with Crippen molar-refractivity contribution in [1.29, 1.82) is 0 Å². The predicted molar refractivity (Wildman–Crippen MR) is 144 cm³/mol. The van der Waals surface area contributed by atoms with Gasteiger partial charge < -0.3 is 19.9 Å². The number of benzene rings is 2. The van der Waals surface area contributed by atoms with Gasteiger partial charge in [-0.05, 0) is 85.9 Å². The quantitative estimate of drug-likeness (QED) is 0.378. The molecular weight excluding hydrogens is 458 g/mol. The van der Waals surface area contributed by atoms with E-state index in [2.05, 4.69) is 76.9 Å². The highest BCUT2D eigenvalue weighted by atomic mass is 35.5. The molecular formula is C29H38ClN3O2. The highest BCUT2D eigenvalue weighted by Gasteiger charge is 2.23. The summed E-state index contributed by atoms with van der Waals surface area (Å²) in [7, 11) is 0. The molecule has 5 rings (SSSR count). The van der Waals surface area contributed by atoms with Crippen LogP contribution < -0.4 is 5.32 Å². The summed E-state index contributed by atoms with van der Waals surface area (Å²) in [6.45, 7) is 6.46. The molecule has 2 aliphatic rings. The van der Waals surface area contributed by atoms with Crippen LogP contribution in [0.15, 0.2) is 54.7 Å². The van der Waals surface area contributed by atoms with Gasteiger partial charge in [-0.15, -0.1) is 12.4 Å². The molecule has 2 unspecified atom stereocenters. The van der Waals surface area contributed by atoms with E-state index in [0.717, 1.165) is 18.8 Å². The van der Waals surface area contributed by atoms with E-state index in [0.29, 0.717) is 12.5 Å².